The van der Waals surface area contributed by atoms with Crippen molar-refractivity contribution in [3.8, 4) is 5.75 Å². The molecule has 3 heterocycles. The summed E-state index contributed by atoms with van der Waals surface area (Å²) in [7, 11) is 0. The highest BCUT2D eigenvalue weighted by Crippen LogP contribution is 2.19. The van der Waals surface area contributed by atoms with Gasteiger partial charge in [-0.3, -0.25) is 14.6 Å². The molecule has 3 rings (SSSR count). The van der Waals surface area contributed by atoms with Crippen molar-refractivity contribution in [3.63, 3.8) is 0 Å². The van der Waals surface area contributed by atoms with E-state index in [1.165, 1.54) is 12.3 Å². The van der Waals surface area contributed by atoms with Gasteiger partial charge in [0.15, 0.2) is 0 Å². The van der Waals surface area contributed by atoms with Crippen LogP contribution in [0.4, 0.5) is 8.78 Å². The molecule has 0 aliphatic heterocycles. The van der Waals surface area contributed by atoms with Gasteiger partial charge >= 0.3 is 6.61 Å². The molecule has 8 heteroatoms. The lowest BCUT2D eigenvalue weighted by Gasteiger charge is -2.07. The number of nitrogens with zero attached hydrogens (tertiary/aromatic N) is 4. The standard InChI is InChI=1S/C13H9BrF2N4O/c14-9-2-12-11(18-4-9)6-19-20(12)7-8-1-10(5-17-3-8)21-13(15)16/h1-6,13H,7H2. The van der Waals surface area contributed by atoms with Crippen LogP contribution < -0.4 is 4.74 Å². The lowest BCUT2D eigenvalue weighted by molar-refractivity contribution is -0.0501. The molecule has 21 heavy (non-hydrogen) atoms. The fourth-order valence-electron chi connectivity index (χ4n) is 1.95. The molecule has 0 atom stereocenters. The van der Waals surface area contributed by atoms with Gasteiger partial charge in [-0.05, 0) is 33.6 Å². The van der Waals surface area contributed by atoms with Gasteiger partial charge in [-0.1, -0.05) is 0 Å². The zero-order valence-electron chi connectivity index (χ0n) is 10.6. The first-order chi connectivity index (χ1) is 10.1. The highest BCUT2D eigenvalue weighted by atomic mass is 79.9. The van der Waals surface area contributed by atoms with Gasteiger partial charge in [0.25, 0.3) is 0 Å². The maximum atomic E-state index is 12.2. The van der Waals surface area contributed by atoms with E-state index in [2.05, 4.69) is 35.7 Å². The molecule has 3 aromatic heterocycles. The van der Waals surface area contributed by atoms with Gasteiger partial charge in [0, 0.05) is 16.9 Å². The second-order valence-electron chi connectivity index (χ2n) is 4.27. The fraction of sp³-hybridized carbons (Fsp3) is 0.154. The van der Waals surface area contributed by atoms with Crippen molar-refractivity contribution in [1.29, 1.82) is 0 Å². The Kier molecular flexibility index (Phi) is 3.78. The van der Waals surface area contributed by atoms with E-state index in [0.717, 1.165) is 15.5 Å². The first-order valence-electron chi connectivity index (χ1n) is 5.97. The molecule has 108 valence electrons. The predicted molar refractivity (Wildman–Crippen MR) is 75.2 cm³/mol. The Labute approximate surface area is 126 Å². The molecular formula is C13H9BrF2N4O. The largest absolute Gasteiger partial charge is 0.433 e. The third-order valence-corrected chi connectivity index (χ3v) is 3.22. The van der Waals surface area contributed by atoms with Crippen LogP contribution in [0.15, 0.2) is 41.4 Å². The van der Waals surface area contributed by atoms with Crippen LogP contribution >= 0.6 is 15.9 Å². The number of pyridine rings is 2. The summed E-state index contributed by atoms with van der Waals surface area (Å²) < 4.78 is 31.3. The molecule has 0 aliphatic rings. The molecule has 5 nitrogen and oxygen atoms in total. The minimum atomic E-state index is -2.87. The monoisotopic (exact) mass is 354 g/mol. The molecule has 0 bridgehead atoms. The van der Waals surface area contributed by atoms with E-state index < -0.39 is 6.61 Å². The zero-order chi connectivity index (χ0) is 14.8. The normalized spacial score (nSPS) is 11.2. The summed E-state index contributed by atoms with van der Waals surface area (Å²) in [4.78, 5) is 8.12. The highest BCUT2D eigenvalue weighted by molar-refractivity contribution is 9.10. The van der Waals surface area contributed by atoms with E-state index in [0.29, 0.717) is 12.1 Å². The van der Waals surface area contributed by atoms with Gasteiger partial charge in [-0.25, -0.2) is 0 Å². The van der Waals surface area contributed by atoms with Gasteiger partial charge in [0.2, 0.25) is 0 Å². The van der Waals surface area contributed by atoms with E-state index in [1.54, 1.807) is 23.3 Å². The third-order valence-electron chi connectivity index (χ3n) is 2.79. The van der Waals surface area contributed by atoms with Crippen molar-refractivity contribution in [1.82, 2.24) is 19.7 Å². The zero-order valence-corrected chi connectivity index (χ0v) is 12.2. The van der Waals surface area contributed by atoms with Crippen molar-refractivity contribution in [3.05, 3.63) is 47.0 Å². The summed E-state index contributed by atoms with van der Waals surface area (Å²) in [5.74, 6) is 0.0262. The second kappa shape index (κ2) is 5.72. The van der Waals surface area contributed by atoms with Crippen LogP contribution in [0, 0.1) is 0 Å². The number of halogens is 3. The summed E-state index contributed by atoms with van der Waals surface area (Å²) in [6.07, 6.45) is 6.16. The van der Waals surface area contributed by atoms with E-state index in [1.807, 2.05) is 6.07 Å². The summed E-state index contributed by atoms with van der Waals surface area (Å²) in [5.41, 5.74) is 2.30. The van der Waals surface area contributed by atoms with Crippen molar-refractivity contribution in [2.24, 2.45) is 0 Å². The Morgan fingerprint density at radius 1 is 1.19 bits per heavy atom. The molecule has 3 aromatic rings. The van der Waals surface area contributed by atoms with Crippen molar-refractivity contribution >= 4 is 27.0 Å². The molecule has 0 aromatic carbocycles. The van der Waals surface area contributed by atoms with E-state index >= 15 is 0 Å². The van der Waals surface area contributed by atoms with Crippen LogP contribution in [0.1, 0.15) is 5.56 Å². The third kappa shape index (κ3) is 3.15. The molecule has 0 unspecified atom stereocenters. The first kappa shape index (κ1) is 13.9. The molecular weight excluding hydrogens is 346 g/mol. The Bertz CT molecular complexity index is 778. The Morgan fingerprint density at radius 3 is 2.86 bits per heavy atom. The van der Waals surface area contributed by atoms with Crippen LogP contribution in [0.3, 0.4) is 0 Å². The predicted octanol–water partition coefficient (Wildman–Crippen LogP) is 3.24. The first-order valence-corrected chi connectivity index (χ1v) is 6.77. The molecule has 0 spiro atoms. The number of alkyl halides is 2. The summed E-state index contributed by atoms with van der Waals surface area (Å²) in [6, 6.07) is 3.40. The van der Waals surface area contributed by atoms with Gasteiger partial charge in [-0.15, -0.1) is 0 Å². The SMILES string of the molecule is FC(F)Oc1cncc(Cn2ncc3ncc(Br)cc32)c1. The minimum absolute atomic E-state index is 0.0262. The smallest absolute Gasteiger partial charge is 0.387 e. The van der Waals surface area contributed by atoms with E-state index in [-0.39, 0.29) is 5.75 Å². The topological polar surface area (TPSA) is 52.8 Å². The maximum absolute atomic E-state index is 12.2. The lowest BCUT2D eigenvalue weighted by Crippen LogP contribution is -2.05. The minimum Gasteiger partial charge on any atom is -0.433 e. The average molecular weight is 355 g/mol. The van der Waals surface area contributed by atoms with Crippen LogP contribution in [-0.4, -0.2) is 26.4 Å². The molecule has 0 saturated carbocycles. The van der Waals surface area contributed by atoms with E-state index in [9.17, 15) is 8.78 Å². The number of hydrogen-bond donors (Lipinski definition) is 0. The Balaban J connectivity index is 1.90. The van der Waals surface area contributed by atoms with Crippen LogP contribution in [0.25, 0.3) is 11.0 Å². The van der Waals surface area contributed by atoms with Crippen LogP contribution in [0.5, 0.6) is 5.75 Å². The maximum Gasteiger partial charge on any atom is 0.387 e. The number of hydrogen-bond acceptors (Lipinski definition) is 4. The van der Waals surface area contributed by atoms with E-state index in [4.69, 9.17) is 0 Å². The number of aromatic nitrogens is 4. The highest BCUT2D eigenvalue weighted by Gasteiger charge is 2.08. The number of ether oxygens (including phenoxy) is 1. The molecule has 0 aliphatic carbocycles. The fourth-order valence-corrected chi connectivity index (χ4v) is 2.27. The lowest BCUT2D eigenvalue weighted by atomic mass is 10.2. The number of rotatable bonds is 4. The number of fused-ring (bicyclic) bond motifs is 1. The molecule has 0 radical (unpaired) electrons. The van der Waals surface area contributed by atoms with Crippen LogP contribution in [-0.2, 0) is 6.54 Å². The average Bonchev–Trinajstić information content (AvgIpc) is 2.81. The summed E-state index contributed by atoms with van der Waals surface area (Å²) in [5, 5.41) is 4.24. The van der Waals surface area contributed by atoms with Crippen LogP contribution in [0.2, 0.25) is 0 Å². The van der Waals surface area contributed by atoms with Gasteiger partial charge < -0.3 is 4.74 Å². The second-order valence-corrected chi connectivity index (χ2v) is 5.18. The summed E-state index contributed by atoms with van der Waals surface area (Å²) >= 11 is 3.36. The molecule has 0 fully saturated rings. The van der Waals surface area contributed by atoms with Gasteiger partial charge in [0.05, 0.1) is 24.5 Å². The molecule has 0 saturated heterocycles. The Morgan fingerprint density at radius 2 is 2.05 bits per heavy atom. The molecule has 0 N–H and O–H groups in total. The van der Waals surface area contributed by atoms with Gasteiger partial charge in [0.1, 0.15) is 11.3 Å². The Hall–Kier alpha value is -2.09. The van der Waals surface area contributed by atoms with Crippen molar-refractivity contribution in [2.45, 2.75) is 13.2 Å². The molecule has 0 amide bonds. The quantitative estimate of drug-likeness (QED) is 0.721. The van der Waals surface area contributed by atoms with Crippen molar-refractivity contribution in [2.75, 3.05) is 0 Å². The summed E-state index contributed by atoms with van der Waals surface area (Å²) in [6.45, 7) is -2.48. The van der Waals surface area contributed by atoms with Crippen molar-refractivity contribution < 1.29 is 13.5 Å². The van der Waals surface area contributed by atoms with Gasteiger partial charge in [-0.2, -0.15) is 13.9 Å².